The van der Waals surface area contributed by atoms with Crippen LogP contribution in [-0.4, -0.2) is 5.11 Å². The van der Waals surface area contributed by atoms with E-state index < -0.39 is 0 Å². The van der Waals surface area contributed by atoms with Crippen molar-refractivity contribution in [2.45, 2.75) is 44.9 Å². The topological polar surface area (TPSA) is 20.2 Å². The number of aryl methyl sites for hydroxylation is 1. The zero-order valence-electron chi connectivity index (χ0n) is 9.89. The molecule has 0 fully saturated rings. The van der Waals surface area contributed by atoms with Crippen molar-refractivity contribution in [3.8, 4) is 5.75 Å². The van der Waals surface area contributed by atoms with Gasteiger partial charge in [0.05, 0.1) is 0 Å². The highest BCUT2D eigenvalue weighted by molar-refractivity contribution is 5.42. The lowest BCUT2D eigenvalue weighted by Gasteiger charge is -2.13. The van der Waals surface area contributed by atoms with Gasteiger partial charge in [0, 0.05) is 10.8 Å². The molecule has 1 aromatic rings. The van der Waals surface area contributed by atoms with E-state index in [1.54, 1.807) is 0 Å². The molecular weight excluding hydrogens is 196 g/mol. The minimum atomic E-state index is 0.370. The van der Waals surface area contributed by atoms with E-state index in [2.05, 4.69) is 13.2 Å². The first-order valence-electron chi connectivity index (χ1n) is 6.22. The molecule has 0 aromatic heterocycles. The Morgan fingerprint density at radius 3 is 2.31 bits per heavy atom. The van der Waals surface area contributed by atoms with Crippen molar-refractivity contribution >= 4 is 13.2 Å². The Bertz CT molecular complexity index is 473. The zero-order valence-corrected chi connectivity index (χ0v) is 9.89. The van der Waals surface area contributed by atoms with Crippen LogP contribution in [0.15, 0.2) is 6.07 Å². The van der Waals surface area contributed by atoms with Crippen LogP contribution in [0.4, 0.5) is 0 Å². The third-order valence-electron chi connectivity index (χ3n) is 3.56. The van der Waals surface area contributed by atoms with Crippen LogP contribution < -0.4 is 10.4 Å². The largest absolute Gasteiger partial charge is 0.507 e. The quantitative estimate of drug-likeness (QED) is 0.705. The number of benzene rings is 1. The van der Waals surface area contributed by atoms with Crippen LogP contribution >= 0.6 is 0 Å². The summed E-state index contributed by atoms with van der Waals surface area (Å²) >= 11 is 0. The van der Waals surface area contributed by atoms with Crippen LogP contribution in [0.25, 0.3) is 13.2 Å². The van der Waals surface area contributed by atoms with Gasteiger partial charge in [0.1, 0.15) is 5.75 Å². The van der Waals surface area contributed by atoms with Gasteiger partial charge < -0.3 is 5.11 Å². The van der Waals surface area contributed by atoms with Crippen molar-refractivity contribution in [2.24, 2.45) is 0 Å². The lowest BCUT2D eigenvalue weighted by molar-refractivity contribution is 0.459. The van der Waals surface area contributed by atoms with Gasteiger partial charge in [0.2, 0.25) is 0 Å². The molecule has 0 amide bonds. The first-order valence-corrected chi connectivity index (χ1v) is 6.22. The molecule has 2 rings (SSSR count). The number of hydrogen-bond acceptors (Lipinski definition) is 1. The molecule has 1 heteroatoms. The molecule has 0 saturated heterocycles. The molecule has 0 radical (unpaired) electrons. The lowest BCUT2D eigenvalue weighted by atomic mass is 9.94. The van der Waals surface area contributed by atoms with E-state index in [4.69, 9.17) is 0 Å². The van der Waals surface area contributed by atoms with E-state index in [0.29, 0.717) is 5.75 Å². The molecule has 16 heavy (non-hydrogen) atoms. The molecule has 2 bridgehead atoms. The highest BCUT2D eigenvalue weighted by atomic mass is 16.3. The number of rotatable bonds is 0. The van der Waals surface area contributed by atoms with E-state index in [9.17, 15) is 5.11 Å². The van der Waals surface area contributed by atoms with Crippen molar-refractivity contribution in [1.29, 1.82) is 0 Å². The molecule has 1 nitrogen and oxygen atoms in total. The van der Waals surface area contributed by atoms with Crippen LogP contribution in [-0.2, 0) is 12.8 Å². The minimum Gasteiger partial charge on any atom is -0.507 e. The number of hydrogen-bond donors (Lipinski definition) is 1. The summed E-state index contributed by atoms with van der Waals surface area (Å²) in [4.78, 5) is 0. The zero-order chi connectivity index (χ0) is 11.5. The van der Waals surface area contributed by atoms with E-state index >= 15 is 0 Å². The van der Waals surface area contributed by atoms with E-state index in [1.807, 2.05) is 6.07 Å². The highest BCUT2D eigenvalue weighted by Gasteiger charge is 2.09. The second-order valence-corrected chi connectivity index (χ2v) is 4.77. The Kier molecular flexibility index (Phi) is 3.33. The number of phenols is 1. The smallest absolute Gasteiger partial charge is 0.125 e. The summed E-state index contributed by atoms with van der Waals surface area (Å²) in [7, 11) is 0. The van der Waals surface area contributed by atoms with Crippen molar-refractivity contribution in [1.82, 2.24) is 0 Å². The summed E-state index contributed by atoms with van der Waals surface area (Å²) in [5, 5.41) is 11.8. The van der Waals surface area contributed by atoms with Crippen LogP contribution in [0.5, 0.6) is 5.75 Å². The summed E-state index contributed by atoms with van der Waals surface area (Å²) in [6.45, 7) is 8.04. The first kappa shape index (κ1) is 11.3. The normalized spacial score (nSPS) is 17.0. The maximum Gasteiger partial charge on any atom is 0.125 e. The summed E-state index contributed by atoms with van der Waals surface area (Å²) in [6, 6.07) is 2.00. The van der Waals surface area contributed by atoms with Crippen molar-refractivity contribution < 1.29 is 5.11 Å². The molecule has 0 unspecified atom stereocenters. The van der Waals surface area contributed by atoms with E-state index in [0.717, 1.165) is 35.3 Å². The van der Waals surface area contributed by atoms with Gasteiger partial charge in [-0.15, -0.1) is 0 Å². The number of fused-ring (bicyclic) bond motifs is 2. The first-order chi connectivity index (χ1) is 7.70. The van der Waals surface area contributed by atoms with Crippen LogP contribution in [0.3, 0.4) is 0 Å². The Hall–Kier alpha value is -1.24. The van der Waals surface area contributed by atoms with Crippen molar-refractivity contribution in [2.75, 3.05) is 0 Å². The molecule has 0 atom stereocenters. The van der Waals surface area contributed by atoms with Crippen molar-refractivity contribution in [3.63, 3.8) is 0 Å². The SMILES string of the molecule is C=c1cc2c(=C)c(c1O)CCCCCCC2. The van der Waals surface area contributed by atoms with Gasteiger partial charge in [-0.25, -0.2) is 0 Å². The molecular formula is C15H20O. The van der Waals surface area contributed by atoms with Gasteiger partial charge in [0.25, 0.3) is 0 Å². The van der Waals surface area contributed by atoms with Crippen LogP contribution in [0.1, 0.15) is 43.2 Å². The molecule has 0 spiro atoms. The van der Waals surface area contributed by atoms with Gasteiger partial charge in [-0.1, -0.05) is 32.4 Å². The monoisotopic (exact) mass is 216 g/mol. The minimum absolute atomic E-state index is 0.370. The van der Waals surface area contributed by atoms with Crippen LogP contribution in [0.2, 0.25) is 0 Å². The predicted octanol–water partition coefficient (Wildman–Crippen LogP) is 2.26. The molecule has 86 valence electrons. The second kappa shape index (κ2) is 4.73. The summed E-state index contributed by atoms with van der Waals surface area (Å²) < 4.78 is 0. The molecule has 1 aliphatic rings. The molecule has 1 aliphatic carbocycles. The summed E-state index contributed by atoms with van der Waals surface area (Å²) in [5.41, 5.74) is 2.31. The van der Waals surface area contributed by atoms with E-state index in [-0.39, 0.29) is 0 Å². The van der Waals surface area contributed by atoms with Gasteiger partial charge in [-0.2, -0.15) is 0 Å². The number of phenolic OH excluding ortho intramolecular Hbond substituents is 1. The second-order valence-electron chi connectivity index (χ2n) is 4.77. The average Bonchev–Trinajstić information content (AvgIpc) is 2.27. The van der Waals surface area contributed by atoms with Gasteiger partial charge >= 0.3 is 0 Å². The molecule has 0 saturated carbocycles. The molecule has 1 aromatic carbocycles. The standard InChI is InChI=1S/C15H20O/c1-11-10-13-8-6-4-3-5-7-9-14(12(13)2)15(11)16/h10,16H,1-9H2. The van der Waals surface area contributed by atoms with Gasteiger partial charge in [-0.3, -0.25) is 0 Å². The Labute approximate surface area is 97.1 Å². The Morgan fingerprint density at radius 1 is 0.938 bits per heavy atom. The lowest BCUT2D eigenvalue weighted by Crippen LogP contribution is -2.20. The molecule has 0 aliphatic heterocycles. The average molecular weight is 216 g/mol. The van der Waals surface area contributed by atoms with Crippen molar-refractivity contribution in [3.05, 3.63) is 27.6 Å². The fourth-order valence-electron chi connectivity index (χ4n) is 2.54. The third-order valence-corrected chi connectivity index (χ3v) is 3.56. The maximum atomic E-state index is 10.0. The summed E-state index contributed by atoms with van der Waals surface area (Å²) in [5.74, 6) is 0.370. The van der Waals surface area contributed by atoms with Gasteiger partial charge in [-0.05, 0) is 42.5 Å². The summed E-state index contributed by atoms with van der Waals surface area (Å²) in [6.07, 6.45) is 8.28. The third kappa shape index (κ3) is 2.13. The predicted molar refractivity (Wildman–Crippen MR) is 68.9 cm³/mol. The Balaban J connectivity index is 2.51. The Morgan fingerprint density at radius 2 is 1.56 bits per heavy atom. The van der Waals surface area contributed by atoms with Crippen LogP contribution in [0, 0.1) is 0 Å². The highest BCUT2D eigenvalue weighted by Crippen LogP contribution is 2.16. The molecule has 1 N–H and O–H groups in total. The van der Waals surface area contributed by atoms with Gasteiger partial charge in [0.15, 0.2) is 0 Å². The number of aromatic hydroxyl groups is 1. The van der Waals surface area contributed by atoms with E-state index in [1.165, 1.54) is 31.2 Å². The fraction of sp³-hybridized carbons (Fsp3) is 0.467. The fourth-order valence-corrected chi connectivity index (χ4v) is 2.54. The maximum absolute atomic E-state index is 10.0. The molecule has 0 heterocycles.